The van der Waals surface area contributed by atoms with E-state index >= 15 is 0 Å². The number of carbonyl (C=O) groups is 2. The molecule has 0 spiro atoms. The average Bonchev–Trinajstić information content (AvgIpc) is 2.70. The second-order valence-corrected chi connectivity index (χ2v) is 6.21. The Morgan fingerprint density at radius 3 is 2.63 bits per heavy atom. The fourth-order valence-electron chi connectivity index (χ4n) is 2.93. The van der Waals surface area contributed by atoms with E-state index in [1.807, 2.05) is 18.2 Å². The molecule has 2 aromatic rings. The van der Waals surface area contributed by atoms with Crippen LogP contribution in [0.15, 0.2) is 42.5 Å². The van der Waals surface area contributed by atoms with Gasteiger partial charge in [0.15, 0.2) is 11.5 Å². The van der Waals surface area contributed by atoms with Crippen LogP contribution in [0.25, 0.3) is 0 Å². The summed E-state index contributed by atoms with van der Waals surface area (Å²) in [6.45, 7) is 0.855. The molecule has 1 aliphatic rings. The van der Waals surface area contributed by atoms with Crippen molar-refractivity contribution in [2.45, 2.75) is 6.42 Å². The first-order valence-electron chi connectivity index (χ1n) is 8.68. The number of rotatable bonds is 6. The zero-order valence-corrected chi connectivity index (χ0v) is 15.0. The van der Waals surface area contributed by atoms with Crippen LogP contribution in [0.5, 0.6) is 11.5 Å². The number of hydrogen-bond donors (Lipinski definition) is 2. The number of fused-ring (bicyclic) bond motifs is 1. The third-order valence-corrected chi connectivity index (χ3v) is 4.36. The number of para-hydroxylation sites is 1. The highest BCUT2D eigenvalue weighted by Gasteiger charge is 2.27. The van der Waals surface area contributed by atoms with Crippen LogP contribution in [0.2, 0.25) is 0 Å². The molecule has 0 aromatic heterocycles. The molecule has 0 bridgehead atoms. The molecule has 142 valence electrons. The van der Waals surface area contributed by atoms with E-state index in [4.69, 9.17) is 9.47 Å². The van der Waals surface area contributed by atoms with Crippen LogP contribution in [0.1, 0.15) is 15.9 Å². The molecular weight excluding hydrogens is 351 g/mol. The molecule has 7 heteroatoms. The van der Waals surface area contributed by atoms with Crippen LogP contribution in [-0.4, -0.2) is 38.6 Å². The van der Waals surface area contributed by atoms with Gasteiger partial charge in [-0.05, 0) is 42.3 Å². The number of ether oxygens (including phenoxy) is 2. The van der Waals surface area contributed by atoms with E-state index in [9.17, 15) is 14.0 Å². The van der Waals surface area contributed by atoms with Crippen LogP contribution < -0.4 is 20.1 Å². The Morgan fingerprint density at radius 2 is 1.89 bits per heavy atom. The molecule has 1 heterocycles. The fraction of sp³-hybridized carbons (Fsp3) is 0.300. The van der Waals surface area contributed by atoms with Gasteiger partial charge in [0.2, 0.25) is 5.91 Å². The van der Waals surface area contributed by atoms with Gasteiger partial charge in [-0.1, -0.05) is 12.1 Å². The summed E-state index contributed by atoms with van der Waals surface area (Å²) in [4.78, 5) is 24.3. The summed E-state index contributed by atoms with van der Waals surface area (Å²) in [6, 6.07) is 10.9. The van der Waals surface area contributed by atoms with E-state index < -0.39 is 5.82 Å². The molecule has 2 aromatic carbocycles. The first-order chi connectivity index (χ1) is 13.1. The van der Waals surface area contributed by atoms with E-state index in [0.29, 0.717) is 30.0 Å². The van der Waals surface area contributed by atoms with Gasteiger partial charge in [-0.3, -0.25) is 9.59 Å². The Morgan fingerprint density at radius 1 is 1.15 bits per heavy atom. The summed E-state index contributed by atoms with van der Waals surface area (Å²) in [5, 5.41) is 5.49. The van der Waals surface area contributed by atoms with Gasteiger partial charge >= 0.3 is 0 Å². The van der Waals surface area contributed by atoms with Crippen LogP contribution in [0.4, 0.5) is 4.39 Å². The topological polar surface area (TPSA) is 76.7 Å². The van der Waals surface area contributed by atoms with Crippen molar-refractivity contribution in [3.05, 3.63) is 59.4 Å². The molecule has 27 heavy (non-hydrogen) atoms. The molecule has 0 saturated carbocycles. The highest BCUT2D eigenvalue weighted by molar-refractivity contribution is 5.94. The number of carbonyl (C=O) groups excluding carboxylic acids is 2. The maximum absolute atomic E-state index is 12.9. The molecule has 2 N–H and O–H groups in total. The lowest BCUT2D eigenvalue weighted by atomic mass is 9.95. The minimum Gasteiger partial charge on any atom is -0.493 e. The number of nitrogens with one attached hydrogen (secondary N) is 2. The molecular formula is C20H21FN2O4. The largest absolute Gasteiger partial charge is 0.493 e. The third-order valence-electron chi connectivity index (χ3n) is 4.36. The first-order valence-corrected chi connectivity index (χ1v) is 8.68. The molecule has 0 fully saturated rings. The Balaban J connectivity index is 1.44. The van der Waals surface area contributed by atoms with E-state index in [2.05, 4.69) is 10.6 Å². The second-order valence-electron chi connectivity index (χ2n) is 6.21. The van der Waals surface area contributed by atoms with E-state index in [0.717, 1.165) is 5.56 Å². The molecule has 0 aliphatic carbocycles. The molecule has 1 aliphatic heterocycles. The molecule has 1 atom stereocenters. The van der Waals surface area contributed by atoms with E-state index in [1.54, 1.807) is 7.11 Å². The quantitative estimate of drug-likeness (QED) is 0.760. The molecule has 0 radical (unpaired) electrons. The zero-order valence-electron chi connectivity index (χ0n) is 15.0. The standard InChI is InChI=1S/C20H21FN2O4/c1-26-17-4-2-3-14-11-15(12-27-18(14)17)20(25)23-10-9-22-19(24)13-5-7-16(21)8-6-13/h2-8,15H,9-12H2,1H3,(H,22,24)(H,23,25)/t15-/m1/s1. The molecule has 3 rings (SSSR count). The lowest BCUT2D eigenvalue weighted by Gasteiger charge is -2.25. The van der Waals surface area contributed by atoms with Crippen LogP contribution >= 0.6 is 0 Å². The summed E-state index contributed by atoms with van der Waals surface area (Å²) >= 11 is 0. The number of benzene rings is 2. The number of amides is 2. The Kier molecular flexibility index (Phi) is 5.90. The lowest BCUT2D eigenvalue weighted by molar-refractivity contribution is -0.126. The van der Waals surface area contributed by atoms with Crippen LogP contribution in [0, 0.1) is 11.7 Å². The van der Waals surface area contributed by atoms with Gasteiger partial charge < -0.3 is 20.1 Å². The Labute approximate surface area is 156 Å². The van der Waals surface area contributed by atoms with Gasteiger partial charge in [0.1, 0.15) is 12.4 Å². The van der Waals surface area contributed by atoms with Gasteiger partial charge in [0, 0.05) is 18.7 Å². The highest BCUT2D eigenvalue weighted by atomic mass is 19.1. The van der Waals surface area contributed by atoms with E-state index in [1.165, 1.54) is 24.3 Å². The SMILES string of the molecule is COc1cccc2c1OC[C@H](C(=O)NCCNC(=O)c1ccc(F)cc1)C2. The normalized spacial score (nSPS) is 15.3. The number of halogens is 1. The van der Waals surface area contributed by atoms with Crippen molar-refractivity contribution in [3.8, 4) is 11.5 Å². The van der Waals surface area contributed by atoms with Gasteiger partial charge in [-0.25, -0.2) is 4.39 Å². The van der Waals surface area contributed by atoms with Crippen molar-refractivity contribution >= 4 is 11.8 Å². The minimum atomic E-state index is -0.396. The maximum atomic E-state index is 12.9. The average molecular weight is 372 g/mol. The first kappa shape index (κ1) is 18.7. The number of methoxy groups -OCH3 is 1. The molecule has 0 unspecified atom stereocenters. The molecule has 6 nitrogen and oxygen atoms in total. The summed E-state index contributed by atoms with van der Waals surface area (Å²) in [5.41, 5.74) is 1.30. The Bertz CT molecular complexity index is 823. The van der Waals surface area contributed by atoms with E-state index in [-0.39, 0.29) is 30.9 Å². The van der Waals surface area contributed by atoms with Crippen molar-refractivity contribution in [2.24, 2.45) is 5.92 Å². The fourth-order valence-corrected chi connectivity index (χ4v) is 2.93. The second kappa shape index (κ2) is 8.53. The summed E-state index contributed by atoms with van der Waals surface area (Å²) in [5.74, 6) is 0.223. The van der Waals surface area contributed by atoms with Crippen molar-refractivity contribution in [2.75, 3.05) is 26.8 Å². The maximum Gasteiger partial charge on any atom is 0.251 e. The lowest BCUT2D eigenvalue weighted by Crippen LogP contribution is -2.41. The smallest absolute Gasteiger partial charge is 0.251 e. The molecule has 0 saturated heterocycles. The summed E-state index contributed by atoms with van der Waals surface area (Å²) < 4.78 is 23.8. The summed E-state index contributed by atoms with van der Waals surface area (Å²) in [7, 11) is 1.58. The monoisotopic (exact) mass is 372 g/mol. The van der Waals surface area contributed by atoms with Crippen LogP contribution in [-0.2, 0) is 11.2 Å². The summed E-state index contributed by atoms with van der Waals surface area (Å²) in [6.07, 6.45) is 0.570. The predicted molar refractivity (Wildman–Crippen MR) is 97.4 cm³/mol. The van der Waals surface area contributed by atoms with Gasteiger partial charge in [-0.2, -0.15) is 0 Å². The van der Waals surface area contributed by atoms with Crippen LogP contribution in [0.3, 0.4) is 0 Å². The Hall–Kier alpha value is -3.09. The van der Waals surface area contributed by atoms with Crippen molar-refractivity contribution in [1.29, 1.82) is 0 Å². The van der Waals surface area contributed by atoms with Crippen molar-refractivity contribution < 1.29 is 23.5 Å². The number of hydrogen-bond acceptors (Lipinski definition) is 4. The van der Waals surface area contributed by atoms with Gasteiger partial charge in [0.05, 0.1) is 13.0 Å². The predicted octanol–water partition coefficient (Wildman–Crippen LogP) is 1.93. The van der Waals surface area contributed by atoms with Crippen molar-refractivity contribution in [1.82, 2.24) is 10.6 Å². The third kappa shape index (κ3) is 4.55. The molecule has 2 amide bonds. The van der Waals surface area contributed by atoms with Gasteiger partial charge in [0.25, 0.3) is 5.91 Å². The highest BCUT2D eigenvalue weighted by Crippen LogP contribution is 2.35. The van der Waals surface area contributed by atoms with Crippen molar-refractivity contribution in [3.63, 3.8) is 0 Å². The zero-order chi connectivity index (χ0) is 19.2. The van der Waals surface area contributed by atoms with Gasteiger partial charge in [-0.15, -0.1) is 0 Å². The minimum absolute atomic E-state index is 0.125.